The van der Waals surface area contributed by atoms with Crippen molar-refractivity contribution in [3.8, 4) is 0 Å². The molecule has 1 saturated heterocycles. The van der Waals surface area contributed by atoms with E-state index in [0.29, 0.717) is 13.1 Å². The summed E-state index contributed by atoms with van der Waals surface area (Å²) in [6.45, 7) is 9.46. The smallest absolute Gasteiger partial charge is 0.414 e. The zero-order chi connectivity index (χ0) is 16.6. The molecular formula is C16H16BrN3O3. The molecule has 1 atom stereocenters. The Labute approximate surface area is 142 Å². The molecule has 2 aliphatic rings. The highest BCUT2D eigenvalue weighted by molar-refractivity contribution is 9.10. The predicted molar refractivity (Wildman–Crippen MR) is 88.0 cm³/mol. The minimum atomic E-state index is -0.425. The molecule has 1 aliphatic heterocycles. The Morgan fingerprint density at radius 1 is 1.57 bits per heavy atom. The average Bonchev–Trinajstić information content (AvgIpc) is 3.22. The molecule has 23 heavy (non-hydrogen) atoms. The molecule has 6 nitrogen and oxygen atoms in total. The van der Waals surface area contributed by atoms with Gasteiger partial charge in [0.1, 0.15) is 6.10 Å². The normalized spacial score (nSPS) is 21.5. The van der Waals surface area contributed by atoms with Gasteiger partial charge >= 0.3 is 6.09 Å². The Kier molecular flexibility index (Phi) is 4.02. The Morgan fingerprint density at radius 2 is 2.30 bits per heavy atom. The molecular weight excluding hydrogens is 362 g/mol. The van der Waals surface area contributed by atoms with Crippen LogP contribution in [-0.2, 0) is 15.1 Å². The Bertz CT molecular complexity index is 709. The summed E-state index contributed by atoms with van der Waals surface area (Å²) in [7, 11) is 0. The molecule has 0 aromatic heterocycles. The molecule has 0 bridgehead atoms. The number of amides is 2. The van der Waals surface area contributed by atoms with Crippen molar-refractivity contribution in [3.05, 3.63) is 39.7 Å². The maximum atomic E-state index is 12.0. The second-order valence-electron chi connectivity index (χ2n) is 5.86. The van der Waals surface area contributed by atoms with Gasteiger partial charge in [0.2, 0.25) is 5.91 Å². The molecule has 2 fully saturated rings. The summed E-state index contributed by atoms with van der Waals surface area (Å²) < 4.78 is 6.09. The molecule has 0 spiro atoms. The minimum absolute atomic E-state index is 0.152. The van der Waals surface area contributed by atoms with Gasteiger partial charge in [-0.1, -0.05) is 15.9 Å². The van der Waals surface area contributed by atoms with Crippen molar-refractivity contribution in [2.45, 2.75) is 31.4 Å². The molecule has 1 N–H and O–H groups in total. The number of nitrogens with zero attached hydrogens (tertiary/aromatic N) is 2. The number of carbonyl (C=O) groups is 2. The van der Waals surface area contributed by atoms with Crippen LogP contribution in [0.4, 0.5) is 10.5 Å². The molecule has 1 aromatic rings. The summed E-state index contributed by atoms with van der Waals surface area (Å²) in [4.78, 5) is 28.2. The van der Waals surface area contributed by atoms with Gasteiger partial charge in [-0.25, -0.2) is 11.4 Å². The molecule has 2 amide bonds. The number of rotatable bonds is 4. The fourth-order valence-corrected chi connectivity index (χ4v) is 3.44. The number of ether oxygens (including phenoxy) is 1. The number of cyclic esters (lactones) is 1. The molecule has 120 valence electrons. The van der Waals surface area contributed by atoms with Crippen molar-refractivity contribution < 1.29 is 14.3 Å². The highest BCUT2D eigenvalue weighted by Gasteiger charge is 2.53. The van der Waals surface area contributed by atoms with E-state index in [1.807, 2.05) is 18.2 Å². The third kappa shape index (κ3) is 3.04. The van der Waals surface area contributed by atoms with Crippen LogP contribution in [0.25, 0.3) is 4.85 Å². The van der Waals surface area contributed by atoms with E-state index in [-0.39, 0.29) is 12.0 Å². The van der Waals surface area contributed by atoms with Crippen LogP contribution < -0.4 is 10.2 Å². The minimum Gasteiger partial charge on any atom is -0.442 e. The zero-order valence-corrected chi connectivity index (χ0v) is 14.2. The largest absolute Gasteiger partial charge is 0.442 e. The van der Waals surface area contributed by atoms with Crippen LogP contribution in [0.5, 0.6) is 0 Å². The van der Waals surface area contributed by atoms with Crippen LogP contribution in [0, 0.1) is 6.57 Å². The maximum absolute atomic E-state index is 12.0. The highest BCUT2D eigenvalue weighted by atomic mass is 79.9. The van der Waals surface area contributed by atoms with E-state index < -0.39 is 11.6 Å². The van der Waals surface area contributed by atoms with Crippen molar-refractivity contribution in [1.29, 1.82) is 0 Å². The number of hydrogen-bond donors (Lipinski definition) is 1. The van der Waals surface area contributed by atoms with Crippen molar-refractivity contribution in [2.75, 3.05) is 18.0 Å². The summed E-state index contributed by atoms with van der Waals surface area (Å²) in [6.07, 6.45) is 0.965. The summed E-state index contributed by atoms with van der Waals surface area (Å²) in [5.41, 5.74) is 1.30. The highest BCUT2D eigenvalue weighted by Crippen LogP contribution is 2.52. The lowest BCUT2D eigenvalue weighted by Gasteiger charge is -2.15. The van der Waals surface area contributed by atoms with E-state index in [1.54, 1.807) is 4.90 Å². The molecule has 1 heterocycles. The second-order valence-corrected chi connectivity index (χ2v) is 6.72. The van der Waals surface area contributed by atoms with Gasteiger partial charge in [0.25, 0.3) is 5.54 Å². The van der Waals surface area contributed by atoms with E-state index in [1.165, 1.54) is 6.92 Å². The fourth-order valence-electron chi connectivity index (χ4n) is 2.71. The number of hydrogen-bond acceptors (Lipinski definition) is 3. The number of nitrogens with one attached hydrogen (secondary N) is 1. The SMILES string of the molecule is [C-]#[N+]C1(c2ccc(N3CC(CNC(C)=O)OC3=O)cc2Br)CC1. The topological polar surface area (TPSA) is 63.0 Å². The zero-order valence-electron chi connectivity index (χ0n) is 12.6. The Morgan fingerprint density at radius 3 is 2.87 bits per heavy atom. The predicted octanol–water partition coefficient (Wildman–Crippen LogP) is 2.82. The van der Waals surface area contributed by atoms with E-state index >= 15 is 0 Å². The number of halogens is 1. The summed E-state index contributed by atoms with van der Waals surface area (Å²) >= 11 is 3.52. The standard InChI is InChI=1S/C16H16BrN3O3/c1-10(21)19-8-12-9-20(15(22)23-12)11-3-4-13(14(17)7-11)16(18-2)5-6-16/h3-4,7,12H,5-6,8-9H2,1H3,(H,19,21). The number of anilines is 1. The summed E-state index contributed by atoms with van der Waals surface area (Å²) in [5.74, 6) is -0.152. The van der Waals surface area contributed by atoms with Gasteiger partial charge in [0.15, 0.2) is 0 Å². The lowest BCUT2D eigenvalue weighted by Crippen LogP contribution is -2.33. The molecule has 1 aromatic carbocycles. The summed E-state index contributed by atoms with van der Waals surface area (Å²) in [5, 5.41) is 2.65. The molecule has 0 radical (unpaired) electrons. The molecule has 1 aliphatic carbocycles. The molecule has 1 saturated carbocycles. The van der Waals surface area contributed by atoms with Gasteiger partial charge in [-0.3, -0.25) is 9.69 Å². The van der Waals surface area contributed by atoms with Crippen molar-refractivity contribution in [1.82, 2.24) is 5.32 Å². The van der Waals surface area contributed by atoms with Crippen LogP contribution in [0.15, 0.2) is 22.7 Å². The Balaban J connectivity index is 1.75. The quantitative estimate of drug-likeness (QED) is 0.820. The van der Waals surface area contributed by atoms with E-state index in [2.05, 4.69) is 26.1 Å². The van der Waals surface area contributed by atoms with E-state index in [9.17, 15) is 9.59 Å². The van der Waals surface area contributed by atoms with Gasteiger partial charge in [-0.2, -0.15) is 0 Å². The van der Waals surface area contributed by atoms with Gasteiger partial charge in [-0.05, 0) is 18.2 Å². The van der Waals surface area contributed by atoms with Crippen molar-refractivity contribution >= 4 is 33.6 Å². The van der Waals surface area contributed by atoms with Gasteiger partial charge in [-0.15, -0.1) is 0 Å². The van der Waals surface area contributed by atoms with Crippen LogP contribution in [0.3, 0.4) is 0 Å². The van der Waals surface area contributed by atoms with Gasteiger partial charge in [0.05, 0.1) is 18.7 Å². The lowest BCUT2D eigenvalue weighted by molar-refractivity contribution is -0.119. The molecule has 7 heteroatoms. The first-order valence-corrected chi connectivity index (χ1v) is 8.16. The van der Waals surface area contributed by atoms with E-state index in [4.69, 9.17) is 11.3 Å². The molecule has 3 rings (SSSR count). The van der Waals surface area contributed by atoms with Crippen molar-refractivity contribution in [3.63, 3.8) is 0 Å². The van der Waals surface area contributed by atoms with Gasteiger partial charge < -0.3 is 14.9 Å². The first kappa shape index (κ1) is 15.8. The molecule has 1 unspecified atom stereocenters. The van der Waals surface area contributed by atoms with Crippen LogP contribution in [0.2, 0.25) is 0 Å². The van der Waals surface area contributed by atoms with Gasteiger partial charge in [0, 0.05) is 29.9 Å². The first-order chi connectivity index (χ1) is 10.9. The fraction of sp³-hybridized carbons (Fsp3) is 0.438. The second kappa shape index (κ2) is 5.85. The summed E-state index contributed by atoms with van der Waals surface area (Å²) in [6, 6.07) is 5.59. The van der Waals surface area contributed by atoms with Crippen LogP contribution in [-0.4, -0.2) is 31.2 Å². The monoisotopic (exact) mass is 377 g/mol. The van der Waals surface area contributed by atoms with Crippen LogP contribution >= 0.6 is 15.9 Å². The lowest BCUT2D eigenvalue weighted by atomic mass is 10.1. The van der Waals surface area contributed by atoms with Crippen molar-refractivity contribution in [2.24, 2.45) is 0 Å². The first-order valence-electron chi connectivity index (χ1n) is 7.36. The number of carbonyl (C=O) groups excluding carboxylic acids is 2. The maximum Gasteiger partial charge on any atom is 0.414 e. The van der Waals surface area contributed by atoms with Crippen LogP contribution in [0.1, 0.15) is 25.3 Å². The number of benzene rings is 1. The average molecular weight is 378 g/mol. The third-order valence-electron chi connectivity index (χ3n) is 4.16. The Hall–Kier alpha value is -2.07. The van der Waals surface area contributed by atoms with E-state index in [0.717, 1.165) is 28.6 Å². The third-order valence-corrected chi connectivity index (χ3v) is 4.81.